The van der Waals surface area contributed by atoms with Gasteiger partial charge < -0.3 is 25.7 Å². The number of aliphatic imine (C=N–C) groups is 2. The summed E-state index contributed by atoms with van der Waals surface area (Å²) in [5, 5.41) is 60.4. The molecule has 0 spiro atoms. The van der Waals surface area contributed by atoms with E-state index in [1.165, 1.54) is 86.6 Å². The van der Waals surface area contributed by atoms with Gasteiger partial charge >= 0.3 is 0 Å². The molecule has 282 valence electrons. The number of phenolic OH excluding ortho intramolecular Hbond substituents is 2. The minimum Gasteiger partial charge on any atom is -0.505 e. The van der Waals surface area contributed by atoms with Gasteiger partial charge in [-0.3, -0.25) is 9.11 Å². The molecule has 0 saturated heterocycles. The molecule has 57 heavy (non-hydrogen) atoms. The second kappa shape index (κ2) is 18.2. The summed E-state index contributed by atoms with van der Waals surface area (Å²) in [7, 11) is -9.84. The van der Waals surface area contributed by atoms with Gasteiger partial charge in [-0.15, -0.1) is 10.2 Å². The Morgan fingerprint density at radius 2 is 0.842 bits per heavy atom. The first-order valence-electron chi connectivity index (χ1n) is 15.8. The van der Waals surface area contributed by atoms with E-state index in [0.717, 1.165) is 12.1 Å². The van der Waals surface area contributed by atoms with E-state index in [4.69, 9.17) is 0 Å². The van der Waals surface area contributed by atoms with Crippen LogP contribution in [-0.2, 0) is 20.2 Å². The monoisotopic (exact) mass is 829 g/mol. The summed E-state index contributed by atoms with van der Waals surface area (Å²) >= 11 is 0. The number of hydrogen-bond acceptors (Lipinski definition) is 13. The minimum absolute atomic E-state index is 0. The Balaban J connectivity index is 0.00000360. The topological polar surface area (TPSA) is 276 Å². The van der Waals surface area contributed by atoms with E-state index in [1.54, 1.807) is 12.1 Å². The zero-order valence-corrected chi connectivity index (χ0v) is 36.2. The Labute approximate surface area is 369 Å². The van der Waals surface area contributed by atoms with Gasteiger partial charge in [0, 0.05) is 95.1 Å². The number of rotatable bonds is 10. The smallest absolute Gasteiger partial charge is 0.296 e. The van der Waals surface area contributed by atoms with Crippen molar-refractivity contribution in [3.8, 4) is 11.5 Å². The van der Waals surface area contributed by atoms with Crippen LogP contribution in [0.3, 0.4) is 0 Å². The normalized spacial score (nSPS) is 12.6. The van der Waals surface area contributed by atoms with Crippen LogP contribution in [-0.4, -0.2) is 117 Å². The number of nitrogens with one attached hydrogen (secondary N) is 1. The fraction of sp³-hybridized carbons (Fsp3) is 0.0556. The number of hydrogen-bond donors (Lipinski definition) is 7. The molecule has 2 radical (unpaired) electrons. The summed E-state index contributed by atoms with van der Waals surface area (Å²) in [5.41, 5.74) is 1.11. The van der Waals surface area contributed by atoms with E-state index in [1.807, 2.05) is 0 Å². The van der Waals surface area contributed by atoms with Crippen molar-refractivity contribution in [3.05, 3.63) is 97.1 Å². The van der Waals surface area contributed by atoms with E-state index in [0.29, 0.717) is 22.7 Å². The molecule has 0 unspecified atom stereocenters. The number of aliphatic hydroxyl groups is 2. The molecular weight excluding hydrogens is 801 g/mol. The van der Waals surface area contributed by atoms with Crippen LogP contribution in [0.2, 0.25) is 0 Å². The molecule has 0 aliphatic carbocycles. The molecule has 21 heteroatoms. The van der Waals surface area contributed by atoms with Crippen molar-refractivity contribution in [3.63, 3.8) is 0 Å². The second-order valence-electron chi connectivity index (χ2n) is 11.8. The van der Waals surface area contributed by atoms with Crippen molar-refractivity contribution < 1.29 is 46.4 Å². The summed E-state index contributed by atoms with van der Waals surface area (Å²) in [6.45, 7) is 2.80. The molecule has 6 aromatic carbocycles. The van der Waals surface area contributed by atoms with Gasteiger partial charge in [0.05, 0.1) is 22.7 Å². The molecule has 0 saturated carbocycles. The summed E-state index contributed by atoms with van der Waals surface area (Å²) in [5.74, 6) is -1.46. The molecule has 0 atom stereocenters. The Bertz CT molecular complexity index is 2650. The fourth-order valence-corrected chi connectivity index (χ4v) is 6.70. The largest absolute Gasteiger partial charge is 0.505 e. The zero-order valence-electron chi connectivity index (χ0n) is 30.6. The van der Waals surface area contributed by atoms with Crippen LogP contribution in [0.5, 0.6) is 11.5 Å². The van der Waals surface area contributed by atoms with Gasteiger partial charge in [0.2, 0.25) is 0 Å². The number of fused-ring (bicyclic) bond motifs is 2. The van der Waals surface area contributed by atoms with E-state index in [2.05, 4.69) is 35.8 Å². The zero-order chi connectivity index (χ0) is 39.7. The predicted molar refractivity (Wildman–Crippen MR) is 218 cm³/mol. The van der Waals surface area contributed by atoms with Crippen molar-refractivity contribution in [2.45, 2.75) is 23.6 Å². The van der Waals surface area contributed by atoms with Gasteiger partial charge in [0.15, 0.2) is 23.3 Å². The number of anilines is 2. The summed E-state index contributed by atoms with van der Waals surface area (Å²) in [6.07, 6.45) is 0. The average Bonchev–Trinajstić information content (AvgIpc) is 3.10. The number of nitrogens with zero attached hydrogens (tertiary/aromatic N) is 6. The fourth-order valence-electron chi connectivity index (χ4n) is 5.39. The van der Waals surface area contributed by atoms with E-state index >= 15 is 0 Å². The molecule has 0 aliphatic rings. The number of aromatic hydroxyl groups is 2. The molecule has 0 heterocycles. The Kier molecular flexibility index (Phi) is 14.3. The Hall–Kier alpha value is -4.80. The maximum Gasteiger partial charge on any atom is 0.296 e. The van der Waals surface area contributed by atoms with Crippen LogP contribution in [0.25, 0.3) is 21.5 Å². The van der Waals surface area contributed by atoms with E-state index in [-0.39, 0.29) is 104 Å². The van der Waals surface area contributed by atoms with Crippen LogP contribution in [0.15, 0.2) is 137 Å². The maximum absolute atomic E-state index is 12.4. The Morgan fingerprint density at radius 1 is 0.509 bits per heavy atom. The number of phenols is 2. The first kappa shape index (κ1) is 44.9. The van der Waals surface area contributed by atoms with Crippen LogP contribution in [0.4, 0.5) is 45.5 Å². The average molecular weight is 830 g/mol. The molecule has 7 N–H and O–H groups in total. The quantitative estimate of drug-likeness (QED) is 0.0225. The van der Waals surface area contributed by atoms with Crippen molar-refractivity contribution in [1.82, 2.24) is 0 Å². The molecule has 6 rings (SSSR count). The van der Waals surface area contributed by atoms with Crippen LogP contribution >= 0.6 is 0 Å². The van der Waals surface area contributed by atoms with Crippen molar-refractivity contribution >= 4 is 158 Å². The first-order valence-corrected chi connectivity index (χ1v) is 18.7. The minimum atomic E-state index is -4.92. The van der Waals surface area contributed by atoms with Crippen LogP contribution in [0, 0.1) is 0 Å². The maximum atomic E-state index is 12.4. The summed E-state index contributed by atoms with van der Waals surface area (Å²) < 4.78 is 69.6. The van der Waals surface area contributed by atoms with Gasteiger partial charge in [0.25, 0.3) is 20.2 Å². The van der Waals surface area contributed by atoms with Gasteiger partial charge in [-0.25, -0.2) is 9.98 Å². The van der Waals surface area contributed by atoms with Gasteiger partial charge in [0.1, 0.15) is 21.2 Å². The molecule has 0 bridgehead atoms. The van der Waals surface area contributed by atoms with Crippen molar-refractivity contribution in [1.29, 1.82) is 0 Å². The third kappa shape index (κ3) is 10.8. The molecule has 0 amide bonds. The van der Waals surface area contributed by atoms with E-state index in [9.17, 15) is 46.4 Å². The SMILES string of the molecule is CC(O)=Nc1ccc(N=Nc2c(S(=O)(=O)O)cc3cc(Nc4ccc5c(O)c(N=Nc6ccc(N=C(C)O)cc6)c(S(=O)(=O)O)cc5c4)ccc3c2O)cc1.[Na].[Na]. The summed E-state index contributed by atoms with van der Waals surface area (Å²) in [4.78, 5) is 6.34. The van der Waals surface area contributed by atoms with Crippen molar-refractivity contribution in [2.75, 3.05) is 5.32 Å². The second-order valence-corrected chi connectivity index (χ2v) is 14.6. The number of aliphatic hydroxyl groups excluding tert-OH is 2. The molecule has 0 aliphatic heterocycles. The number of azo groups is 2. The van der Waals surface area contributed by atoms with Crippen molar-refractivity contribution in [2.24, 2.45) is 30.4 Å². The van der Waals surface area contributed by atoms with Gasteiger partial charge in [-0.1, -0.05) is 0 Å². The number of benzene rings is 6. The third-order valence-electron chi connectivity index (χ3n) is 7.76. The van der Waals surface area contributed by atoms with E-state index < -0.39 is 52.9 Å². The van der Waals surface area contributed by atoms with Crippen LogP contribution < -0.4 is 5.32 Å². The molecule has 0 fully saturated rings. The molecule has 17 nitrogen and oxygen atoms in total. The predicted octanol–water partition coefficient (Wildman–Crippen LogP) is 8.93. The first-order chi connectivity index (χ1) is 26.0. The van der Waals surface area contributed by atoms with Gasteiger partial charge in [-0.05, 0) is 108 Å². The molecule has 6 aromatic rings. The standard InChI is InChI=1S/C36H29N7O10S2.2Na/c1-19(44)37-23-3-7-25(8-4-23)40-42-33-31(54(48,49)50)17-21-15-27(11-13-29(21)35(33)46)39-28-12-14-30-22(16-28)18-32(55(51,52)53)34(36(30)47)43-41-26-9-5-24(6-10-26)38-20(2)45;;/h3-18,39,46-47H,1-2H3,(H,37,44)(H,38,45)(H,48,49,50)(H,51,52,53);;. The molecule has 0 aromatic heterocycles. The summed E-state index contributed by atoms with van der Waals surface area (Å²) in [6, 6.07) is 23.3. The van der Waals surface area contributed by atoms with Crippen LogP contribution in [0.1, 0.15) is 13.8 Å². The molecular formula is C36H29N7Na2O10S2. The Morgan fingerprint density at radius 3 is 1.16 bits per heavy atom. The van der Waals surface area contributed by atoms with Gasteiger partial charge in [-0.2, -0.15) is 27.1 Å². The third-order valence-corrected chi connectivity index (χ3v) is 9.49.